The first-order chi connectivity index (χ1) is 9.08. The molecule has 6 nitrogen and oxygen atoms in total. The SMILES string of the molecule is O=C(O)c1ccc(Cl)cc1NC(=O)N1CCNCC1. The molecule has 1 fully saturated rings. The van der Waals surface area contributed by atoms with E-state index in [1.807, 2.05) is 0 Å². The smallest absolute Gasteiger partial charge is 0.337 e. The van der Waals surface area contributed by atoms with Gasteiger partial charge in [0.15, 0.2) is 0 Å². The predicted octanol–water partition coefficient (Wildman–Crippen LogP) is 1.48. The molecule has 0 unspecified atom stereocenters. The van der Waals surface area contributed by atoms with Crippen molar-refractivity contribution in [3.8, 4) is 0 Å². The van der Waals surface area contributed by atoms with Gasteiger partial charge in [0, 0.05) is 31.2 Å². The standard InChI is InChI=1S/C12H14ClN3O3/c13-8-1-2-9(11(17)18)10(7-8)15-12(19)16-5-3-14-4-6-16/h1-2,7,14H,3-6H2,(H,15,19)(H,17,18). The number of anilines is 1. The number of benzene rings is 1. The fourth-order valence-electron chi connectivity index (χ4n) is 1.87. The number of carboxylic acids is 1. The summed E-state index contributed by atoms with van der Waals surface area (Å²) in [6.45, 7) is 2.65. The number of nitrogens with zero attached hydrogens (tertiary/aromatic N) is 1. The van der Waals surface area contributed by atoms with Crippen LogP contribution in [-0.4, -0.2) is 48.2 Å². The summed E-state index contributed by atoms with van der Waals surface area (Å²) in [4.78, 5) is 24.7. The Labute approximate surface area is 115 Å². The van der Waals surface area contributed by atoms with Gasteiger partial charge in [0.1, 0.15) is 0 Å². The first-order valence-corrected chi connectivity index (χ1v) is 6.25. The second kappa shape index (κ2) is 5.90. The Bertz CT molecular complexity index is 501. The monoisotopic (exact) mass is 283 g/mol. The second-order valence-electron chi connectivity index (χ2n) is 4.16. The number of carbonyl (C=O) groups is 2. The lowest BCUT2D eigenvalue weighted by Gasteiger charge is -2.27. The molecule has 1 aliphatic heterocycles. The molecule has 2 amide bonds. The van der Waals surface area contributed by atoms with E-state index in [0.29, 0.717) is 18.1 Å². The van der Waals surface area contributed by atoms with Crippen molar-refractivity contribution < 1.29 is 14.7 Å². The fourth-order valence-corrected chi connectivity index (χ4v) is 2.04. The molecule has 0 spiro atoms. The van der Waals surface area contributed by atoms with Crippen molar-refractivity contribution in [3.05, 3.63) is 28.8 Å². The van der Waals surface area contributed by atoms with Crippen LogP contribution in [0.4, 0.5) is 10.5 Å². The second-order valence-corrected chi connectivity index (χ2v) is 4.60. The number of nitrogens with one attached hydrogen (secondary N) is 2. The van der Waals surface area contributed by atoms with Crippen LogP contribution in [0.15, 0.2) is 18.2 Å². The average molecular weight is 284 g/mol. The maximum atomic E-state index is 12.0. The number of carbonyl (C=O) groups excluding carboxylic acids is 1. The molecule has 3 N–H and O–H groups in total. The van der Waals surface area contributed by atoms with E-state index in [4.69, 9.17) is 16.7 Å². The molecule has 0 bridgehead atoms. The van der Waals surface area contributed by atoms with E-state index in [2.05, 4.69) is 10.6 Å². The van der Waals surface area contributed by atoms with Crippen molar-refractivity contribution in [3.63, 3.8) is 0 Å². The summed E-state index contributed by atoms with van der Waals surface area (Å²) in [5.41, 5.74) is 0.233. The highest BCUT2D eigenvalue weighted by atomic mass is 35.5. The van der Waals surface area contributed by atoms with Gasteiger partial charge in [-0.05, 0) is 18.2 Å². The van der Waals surface area contributed by atoms with Crippen LogP contribution in [0.25, 0.3) is 0 Å². The molecule has 19 heavy (non-hydrogen) atoms. The predicted molar refractivity (Wildman–Crippen MR) is 71.9 cm³/mol. The summed E-state index contributed by atoms with van der Waals surface area (Å²) < 4.78 is 0. The van der Waals surface area contributed by atoms with Crippen LogP contribution in [0.1, 0.15) is 10.4 Å². The Morgan fingerprint density at radius 2 is 2.00 bits per heavy atom. The third kappa shape index (κ3) is 3.36. The molecule has 0 atom stereocenters. The van der Waals surface area contributed by atoms with Crippen LogP contribution in [0.2, 0.25) is 5.02 Å². The lowest BCUT2D eigenvalue weighted by molar-refractivity contribution is 0.0698. The number of piperazine rings is 1. The Hall–Kier alpha value is -1.79. The quantitative estimate of drug-likeness (QED) is 0.768. The first-order valence-electron chi connectivity index (χ1n) is 5.87. The van der Waals surface area contributed by atoms with Gasteiger partial charge in [0.25, 0.3) is 0 Å². The highest BCUT2D eigenvalue weighted by Crippen LogP contribution is 2.21. The van der Waals surface area contributed by atoms with Crippen molar-refractivity contribution in [1.29, 1.82) is 0 Å². The molecule has 2 rings (SSSR count). The van der Waals surface area contributed by atoms with Gasteiger partial charge < -0.3 is 20.6 Å². The summed E-state index contributed by atoms with van der Waals surface area (Å²) >= 11 is 5.82. The minimum atomic E-state index is -1.10. The number of hydrogen-bond donors (Lipinski definition) is 3. The molecular weight excluding hydrogens is 270 g/mol. The maximum absolute atomic E-state index is 12.0. The number of hydrogen-bond acceptors (Lipinski definition) is 3. The molecule has 0 aromatic heterocycles. The molecule has 1 saturated heterocycles. The van der Waals surface area contributed by atoms with E-state index in [1.54, 1.807) is 4.90 Å². The number of rotatable bonds is 2. The Morgan fingerprint density at radius 1 is 1.32 bits per heavy atom. The third-order valence-corrected chi connectivity index (χ3v) is 3.09. The zero-order chi connectivity index (χ0) is 13.8. The molecule has 0 radical (unpaired) electrons. The Morgan fingerprint density at radius 3 is 2.63 bits per heavy atom. The van der Waals surface area contributed by atoms with Crippen molar-refractivity contribution in [2.24, 2.45) is 0 Å². The van der Waals surface area contributed by atoms with Crippen molar-refractivity contribution in [2.75, 3.05) is 31.5 Å². The normalized spacial score (nSPS) is 15.1. The van der Waals surface area contributed by atoms with Gasteiger partial charge in [-0.25, -0.2) is 9.59 Å². The molecule has 0 aliphatic carbocycles. The first kappa shape index (κ1) is 13.6. The average Bonchev–Trinajstić information content (AvgIpc) is 2.39. The van der Waals surface area contributed by atoms with Gasteiger partial charge in [0.05, 0.1) is 11.3 Å². The van der Waals surface area contributed by atoms with Crippen LogP contribution < -0.4 is 10.6 Å². The van der Waals surface area contributed by atoms with E-state index in [1.165, 1.54) is 18.2 Å². The number of aromatic carboxylic acids is 1. The molecule has 102 valence electrons. The minimum absolute atomic E-state index is 0.0212. The summed E-state index contributed by atoms with van der Waals surface area (Å²) in [5.74, 6) is -1.10. The van der Waals surface area contributed by atoms with Crippen LogP contribution in [0.5, 0.6) is 0 Å². The molecular formula is C12H14ClN3O3. The van der Waals surface area contributed by atoms with E-state index >= 15 is 0 Å². The van der Waals surface area contributed by atoms with Gasteiger partial charge >= 0.3 is 12.0 Å². The number of amides is 2. The number of urea groups is 1. The van der Waals surface area contributed by atoms with Gasteiger partial charge in [-0.2, -0.15) is 0 Å². The molecule has 1 heterocycles. The summed E-state index contributed by atoms with van der Waals surface area (Å²) in [6.07, 6.45) is 0. The van der Waals surface area contributed by atoms with E-state index in [-0.39, 0.29) is 17.3 Å². The number of halogens is 1. The summed E-state index contributed by atoms with van der Waals surface area (Å²) in [5, 5.41) is 15.2. The van der Waals surface area contributed by atoms with Crippen LogP contribution in [0, 0.1) is 0 Å². The lowest BCUT2D eigenvalue weighted by Crippen LogP contribution is -2.48. The van der Waals surface area contributed by atoms with Crippen molar-refractivity contribution in [1.82, 2.24) is 10.2 Å². The zero-order valence-electron chi connectivity index (χ0n) is 10.1. The highest BCUT2D eigenvalue weighted by molar-refractivity contribution is 6.31. The Balaban J connectivity index is 2.15. The maximum Gasteiger partial charge on any atom is 0.337 e. The molecule has 1 aromatic carbocycles. The summed E-state index contributed by atoms with van der Waals surface area (Å²) in [6, 6.07) is 3.97. The number of carboxylic acid groups (broad SMARTS) is 1. The van der Waals surface area contributed by atoms with Crippen molar-refractivity contribution >= 4 is 29.3 Å². The largest absolute Gasteiger partial charge is 0.478 e. The van der Waals surface area contributed by atoms with Crippen LogP contribution in [0.3, 0.4) is 0 Å². The molecule has 1 aromatic rings. The zero-order valence-corrected chi connectivity index (χ0v) is 10.9. The van der Waals surface area contributed by atoms with Gasteiger partial charge in [0.2, 0.25) is 0 Å². The van der Waals surface area contributed by atoms with Gasteiger partial charge in [-0.15, -0.1) is 0 Å². The topological polar surface area (TPSA) is 81.7 Å². The van der Waals surface area contributed by atoms with E-state index in [0.717, 1.165) is 13.1 Å². The van der Waals surface area contributed by atoms with Gasteiger partial charge in [-0.3, -0.25) is 0 Å². The lowest BCUT2D eigenvalue weighted by atomic mass is 10.2. The van der Waals surface area contributed by atoms with E-state index in [9.17, 15) is 9.59 Å². The minimum Gasteiger partial charge on any atom is -0.478 e. The van der Waals surface area contributed by atoms with Crippen molar-refractivity contribution in [2.45, 2.75) is 0 Å². The highest BCUT2D eigenvalue weighted by Gasteiger charge is 2.19. The van der Waals surface area contributed by atoms with Crippen LogP contribution >= 0.6 is 11.6 Å². The third-order valence-electron chi connectivity index (χ3n) is 2.86. The Kier molecular flexibility index (Phi) is 4.24. The summed E-state index contributed by atoms with van der Waals surface area (Å²) in [7, 11) is 0. The van der Waals surface area contributed by atoms with Crippen LogP contribution in [-0.2, 0) is 0 Å². The molecule has 1 aliphatic rings. The molecule has 0 saturated carbocycles. The van der Waals surface area contributed by atoms with E-state index < -0.39 is 5.97 Å². The molecule has 7 heteroatoms. The fraction of sp³-hybridized carbons (Fsp3) is 0.333. The van der Waals surface area contributed by atoms with Gasteiger partial charge in [-0.1, -0.05) is 11.6 Å².